The molecule has 3 heterocycles. The summed E-state index contributed by atoms with van der Waals surface area (Å²) >= 11 is 0. The van der Waals surface area contributed by atoms with E-state index in [1.807, 2.05) is 0 Å². The maximum absolute atomic E-state index is 15.3. The van der Waals surface area contributed by atoms with E-state index in [1.165, 1.54) is 19.1 Å². The van der Waals surface area contributed by atoms with Gasteiger partial charge >= 0.3 is 5.97 Å². The Balaban J connectivity index is 1.94. The van der Waals surface area contributed by atoms with E-state index in [4.69, 9.17) is 15.4 Å². The highest BCUT2D eigenvalue weighted by Gasteiger charge is 2.35. The average Bonchev–Trinajstić information content (AvgIpc) is 3.24. The van der Waals surface area contributed by atoms with Crippen molar-refractivity contribution < 1.29 is 32.7 Å². The largest absolute Gasteiger partial charge is 0.477 e. The first kappa shape index (κ1) is 24.5. The molecule has 0 spiro atoms. The van der Waals surface area contributed by atoms with Crippen LogP contribution in [0.2, 0.25) is 0 Å². The van der Waals surface area contributed by atoms with Crippen LogP contribution in [-0.2, 0) is 9.68 Å². The molecule has 3 N–H and O–H groups in total. The molecule has 1 aliphatic rings. The summed E-state index contributed by atoms with van der Waals surface area (Å²) in [7, 11) is 2.62. The predicted molar refractivity (Wildman–Crippen MR) is 123 cm³/mol. The van der Waals surface area contributed by atoms with Crippen LogP contribution in [0.3, 0.4) is 0 Å². The normalized spacial score (nSPS) is 17.1. The number of hydrogen-bond donors (Lipinski definition) is 2. The molecule has 0 bridgehead atoms. The number of carbonyl (C=O) groups is 1. The van der Waals surface area contributed by atoms with E-state index in [0.29, 0.717) is 11.8 Å². The van der Waals surface area contributed by atoms with Crippen molar-refractivity contribution in [1.29, 1.82) is 0 Å². The van der Waals surface area contributed by atoms with Gasteiger partial charge in [0.2, 0.25) is 5.43 Å². The fraction of sp³-hybridized carbons (Fsp3) is 0.227. The molecule has 1 atom stereocenters. The zero-order valence-electron chi connectivity index (χ0n) is 18.9. The lowest BCUT2D eigenvalue weighted by atomic mass is 10.1. The molecule has 1 aliphatic heterocycles. The third kappa shape index (κ3) is 4.28. The Morgan fingerprint density at radius 1 is 1.19 bits per heavy atom. The highest BCUT2D eigenvalue weighted by Crippen LogP contribution is 2.28. The van der Waals surface area contributed by atoms with Gasteiger partial charge in [0.05, 0.1) is 29.2 Å². The molecule has 1 saturated heterocycles. The van der Waals surface area contributed by atoms with E-state index in [-0.39, 0.29) is 36.1 Å². The van der Waals surface area contributed by atoms with Crippen LogP contribution in [0.4, 0.5) is 19.0 Å². The van der Waals surface area contributed by atoms with Crippen molar-refractivity contribution in [2.75, 3.05) is 32.2 Å². The zero-order valence-corrected chi connectivity index (χ0v) is 18.9. The standard InChI is InChI=1S/C22H19F3N6O5/c1-35-28-16-9-30(7-12(16)19(26)29-36-2)21-15(25)6-11-18(32)13(22(33)34)8-31(20(11)27-21)17-4-3-10(23)5-14(17)24/h3-6,8,12H,7,9H2,1-2H3,(H2,26,29)(H,33,34)/b28-16+. The van der Waals surface area contributed by atoms with Crippen LogP contribution in [-0.4, -0.2) is 59.5 Å². The minimum absolute atomic E-state index is 0.0101. The summed E-state index contributed by atoms with van der Waals surface area (Å²) in [5.41, 5.74) is 4.01. The Hall–Kier alpha value is -4.62. The number of pyridine rings is 2. The SMILES string of the molecule is CO/N=C1\CN(c2nc3c(cc2F)c(=O)c(C(=O)O)cn3-c2ccc(F)cc2F)CC1/C(N)=N\OC. The molecule has 4 rings (SSSR count). The fourth-order valence-electron chi connectivity index (χ4n) is 3.95. The van der Waals surface area contributed by atoms with Crippen LogP contribution in [0.1, 0.15) is 10.4 Å². The van der Waals surface area contributed by atoms with Crippen LogP contribution in [0, 0.1) is 23.4 Å². The van der Waals surface area contributed by atoms with Gasteiger partial charge in [-0.2, -0.15) is 0 Å². The van der Waals surface area contributed by atoms with Crippen molar-refractivity contribution in [3.63, 3.8) is 0 Å². The minimum Gasteiger partial charge on any atom is -0.477 e. The van der Waals surface area contributed by atoms with Gasteiger partial charge in [0.25, 0.3) is 0 Å². The molecule has 14 heteroatoms. The number of nitrogens with zero attached hydrogens (tertiary/aromatic N) is 5. The Morgan fingerprint density at radius 2 is 1.94 bits per heavy atom. The van der Waals surface area contributed by atoms with Crippen molar-refractivity contribution in [3.8, 4) is 5.69 Å². The highest BCUT2D eigenvalue weighted by atomic mass is 19.1. The summed E-state index contributed by atoms with van der Waals surface area (Å²) in [6, 6.07) is 3.39. The van der Waals surface area contributed by atoms with Crippen molar-refractivity contribution in [2.45, 2.75) is 0 Å². The molecule has 0 saturated carbocycles. The number of anilines is 1. The number of aromatic nitrogens is 2. The van der Waals surface area contributed by atoms with Crippen molar-refractivity contribution >= 4 is 34.4 Å². The monoisotopic (exact) mass is 504 g/mol. The van der Waals surface area contributed by atoms with E-state index in [2.05, 4.69) is 15.3 Å². The molecular formula is C22H19F3N6O5. The maximum atomic E-state index is 15.3. The first-order valence-corrected chi connectivity index (χ1v) is 10.3. The lowest BCUT2D eigenvalue weighted by Gasteiger charge is -2.19. The second kappa shape index (κ2) is 9.56. The summed E-state index contributed by atoms with van der Waals surface area (Å²) in [6.07, 6.45) is 0.853. The summed E-state index contributed by atoms with van der Waals surface area (Å²) in [4.78, 5) is 39.7. The van der Waals surface area contributed by atoms with Crippen molar-refractivity contribution in [2.24, 2.45) is 22.0 Å². The topological polar surface area (TPSA) is 145 Å². The van der Waals surface area contributed by atoms with Gasteiger partial charge in [0.1, 0.15) is 37.3 Å². The number of halogens is 3. The summed E-state index contributed by atoms with van der Waals surface area (Å²) in [5, 5.41) is 16.6. The van der Waals surface area contributed by atoms with Gasteiger partial charge in [0, 0.05) is 18.8 Å². The van der Waals surface area contributed by atoms with Crippen molar-refractivity contribution in [3.05, 3.63) is 63.7 Å². The van der Waals surface area contributed by atoms with Crippen molar-refractivity contribution in [1.82, 2.24) is 9.55 Å². The molecular weight excluding hydrogens is 485 g/mol. The van der Waals surface area contributed by atoms with Crippen LogP contribution in [0.5, 0.6) is 0 Å². The molecule has 1 unspecified atom stereocenters. The number of benzene rings is 1. The molecule has 188 valence electrons. The molecule has 0 radical (unpaired) electrons. The number of oxime groups is 2. The Kier molecular flexibility index (Phi) is 6.51. The number of amidine groups is 1. The number of carboxylic acid groups (broad SMARTS) is 1. The summed E-state index contributed by atoms with van der Waals surface area (Å²) in [6.45, 7) is 0.0644. The minimum atomic E-state index is -1.61. The van der Waals surface area contributed by atoms with Crippen LogP contribution in [0.25, 0.3) is 16.7 Å². The number of nitrogens with two attached hydrogens (primary N) is 1. The number of hydrogen-bond acceptors (Lipinski definition) is 8. The van der Waals surface area contributed by atoms with Gasteiger partial charge in [-0.1, -0.05) is 10.3 Å². The third-order valence-corrected chi connectivity index (χ3v) is 5.53. The lowest BCUT2D eigenvalue weighted by Crippen LogP contribution is -2.31. The second-order valence-corrected chi connectivity index (χ2v) is 7.70. The molecule has 2 aromatic heterocycles. The zero-order chi connectivity index (χ0) is 26.1. The Bertz CT molecular complexity index is 1490. The average molecular weight is 504 g/mol. The molecule has 11 nitrogen and oxygen atoms in total. The highest BCUT2D eigenvalue weighted by molar-refractivity contribution is 6.10. The first-order chi connectivity index (χ1) is 17.2. The molecule has 0 aliphatic carbocycles. The van der Waals surface area contributed by atoms with Crippen LogP contribution >= 0.6 is 0 Å². The van der Waals surface area contributed by atoms with E-state index >= 15 is 4.39 Å². The number of carboxylic acids is 1. The van der Waals surface area contributed by atoms with Crippen LogP contribution in [0.15, 0.2) is 45.6 Å². The van der Waals surface area contributed by atoms with E-state index in [9.17, 15) is 23.5 Å². The molecule has 36 heavy (non-hydrogen) atoms. The lowest BCUT2D eigenvalue weighted by molar-refractivity contribution is 0.0695. The molecule has 3 aromatic rings. The molecule has 1 fully saturated rings. The maximum Gasteiger partial charge on any atom is 0.341 e. The fourth-order valence-corrected chi connectivity index (χ4v) is 3.95. The van der Waals surface area contributed by atoms with Gasteiger partial charge in [-0.3, -0.25) is 9.36 Å². The Morgan fingerprint density at radius 3 is 2.58 bits per heavy atom. The smallest absolute Gasteiger partial charge is 0.341 e. The van der Waals surface area contributed by atoms with E-state index < -0.39 is 45.7 Å². The predicted octanol–water partition coefficient (Wildman–Crippen LogP) is 1.86. The summed E-state index contributed by atoms with van der Waals surface area (Å²) < 4.78 is 44.4. The number of fused-ring (bicyclic) bond motifs is 1. The van der Waals surface area contributed by atoms with Gasteiger partial charge in [-0.25, -0.2) is 22.9 Å². The Labute approximate surface area is 200 Å². The molecule has 0 amide bonds. The second-order valence-electron chi connectivity index (χ2n) is 7.70. The van der Waals surface area contributed by atoms with E-state index in [0.717, 1.165) is 29.0 Å². The number of aromatic carboxylic acids is 1. The van der Waals surface area contributed by atoms with E-state index in [1.54, 1.807) is 0 Å². The molecule has 1 aromatic carbocycles. The van der Waals surface area contributed by atoms with Crippen LogP contribution < -0.4 is 16.1 Å². The first-order valence-electron chi connectivity index (χ1n) is 10.3. The number of rotatable bonds is 6. The van der Waals surface area contributed by atoms with Gasteiger partial charge in [-0.05, 0) is 18.2 Å². The van der Waals surface area contributed by atoms with Gasteiger partial charge in [-0.15, -0.1) is 0 Å². The van der Waals surface area contributed by atoms with Gasteiger partial charge in [0.15, 0.2) is 17.3 Å². The van der Waals surface area contributed by atoms with Gasteiger partial charge < -0.3 is 25.4 Å². The quantitative estimate of drug-likeness (QED) is 0.294. The third-order valence-electron chi connectivity index (χ3n) is 5.53. The summed E-state index contributed by atoms with van der Waals surface area (Å²) in [5.74, 6) is -5.31.